The maximum absolute atomic E-state index is 13.3. The molecule has 0 unspecified atom stereocenters. The number of aromatic nitrogens is 3. The Hall–Kier alpha value is -3.22. The van der Waals surface area contributed by atoms with Gasteiger partial charge in [0.05, 0.1) is 32.6 Å². The molecule has 1 fully saturated rings. The average molecular weight is 524 g/mol. The van der Waals surface area contributed by atoms with E-state index in [0.717, 1.165) is 25.3 Å². The Morgan fingerprint density at radius 2 is 1.78 bits per heavy atom. The fourth-order valence-electron chi connectivity index (χ4n) is 4.08. The van der Waals surface area contributed by atoms with Crippen LogP contribution in [0.2, 0.25) is 10.0 Å². The van der Waals surface area contributed by atoms with Gasteiger partial charge < -0.3 is 16.4 Å². The summed E-state index contributed by atoms with van der Waals surface area (Å²) in [4.78, 5) is 30.2. The summed E-state index contributed by atoms with van der Waals surface area (Å²) >= 11 is 13.3. The average Bonchev–Trinajstić information content (AvgIpc) is 2.88. The summed E-state index contributed by atoms with van der Waals surface area (Å²) in [6, 6.07) is 6.92. The molecule has 0 spiro atoms. The Morgan fingerprint density at radius 1 is 1.06 bits per heavy atom. The highest BCUT2D eigenvalue weighted by atomic mass is 35.5. The Balaban J connectivity index is 1.66. The maximum atomic E-state index is 13.3. The SMILES string of the molecule is CCc1ncnc(-c2cc(Cl)c(C(=O)N3CCN(CCN)CC3)c(Cl)c2)c1C#Cc1ccc(N)nc1. The van der Waals surface area contributed by atoms with Crippen molar-refractivity contribution in [1.29, 1.82) is 0 Å². The molecule has 0 aliphatic carbocycles. The molecule has 4 rings (SSSR count). The number of rotatable bonds is 5. The normalized spacial score (nSPS) is 13.8. The monoisotopic (exact) mass is 523 g/mol. The van der Waals surface area contributed by atoms with Crippen molar-refractivity contribution >= 4 is 34.9 Å². The van der Waals surface area contributed by atoms with E-state index in [1.807, 2.05) is 6.92 Å². The second kappa shape index (κ2) is 11.7. The summed E-state index contributed by atoms with van der Waals surface area (Å²) in [6.45, 7) is 6.13. The van der Waals surface area contributed by atoms with E-state index in [0.29, 0.717) is 59.8 Å². The first-order valence-corrected chi connectivity index (χ1v) is 12.4. The highest BCUT2D eigenvalue weighted by molar-refractivity contribution is 6.40. The first-order chi connectivity index (χ1) is 17.4. The number of anilines is 1. The number of nitrogen functional groups attached to an aromatic ring is 1. The number of carbonyl (C=O) groups is 1. The molecule has 36 heavy (non-hydrogen) atoms. The van der Waals surface area contributed by atoms with E-state index in [1.165, 1.54) is 6.33 Å². The largest absolute Gasteiger partial charge is 0.384 e. The molecule has 0 saturated carbocycles. The molecule has 1 amide bonds. The number of piperazine rings is 1. The number of benzene rings is 1. The van der Waals surface area contributed by atoms with E-state index in [1.54, 1.807) is 35.4 Å². The molecular weight excluding hydrogens is 497 g/mol. The third-order valence-corrected chi connectivity index (χ3v) is 6.61. The quantitative estimate of drug-likeness (QED) is 0.493. The molecule has 10 heteroatoms. The number of nitrogens with two attached hydrogens (primary N) is 2. The van der Waals surface area contributed by atoms with Crippen LogP contribution < -0.4 is 11.5 Å². The summed E-state index contributed by atoms with van der Waals surface area (Å²) < 4.78 is 0. The number of amides is 1. The molecule has 1 aliphatic rings. The molecule has 0 radical (unpaired) electrons. The summed E-state index contributed by atoms with van der Waals surface area (Å²) in [6.07, 6.45) is 3.76. The van der Waals surface area contributed by atoms with E-state index in [9.17, 15) is 4.79 Å². The van der Waals surface area contributed by atoms with Crippen LogP contribution in [0.1, 0.15) is 34.1 Å². The fourth-order valence-corrected chi connectivity index (χ4v) is 4.73. The molecule has 0 bridgehead atoms. The van der Waals surface area contributed by atoms with Crippen LogP contribution in [0.15, 0.2) is 36.8 Å². The molecule has 1 aromatic carbocycles. The predicted molar refractivity (Wildman–Crippen MR) is 143 cm³/mol. The van der Waals surface area contributed by atoms with Crippen LogP contribution in [0, 0.1) is 11.8 Å². The summed E-state index contributed by atoms with van der Waals surface area (Å²) in [5, 5.41) is 0.537. The van der Waals surface area contributed by atoms with Gasteiger partial charge in [-0.3, -0.25) is 9.69 Å². The Kier molecular flexibility index (Phi) is 8.39. The molecule has 4 N–H and O–H groups in total. The van der Waals surface area contributed by atoms with Gasteiger partial charge in [0.25, 0.3) is 5.91 Å². The summed E-state index contributed by atoms with van der Waals surface area (Å²) in [5.41, 5.74) is 15.0. The Labute approximate surface area is 220 Å². The van der Waals surface area contributed by atoms with Crippen molar-refractivity contribution in [3.63, 3.8) is 0 Å². The minimum atomic E-state index is -0.184. The molecule has 1 aliphatic heterocycles. The lowest BCUT2D eigenvalue weighted by Crippen LogP contribution is -2.49. The lowest BCUT2D eigenvalue weighted by Gasteiger charge is -2.34. The molecule has 8 nitrogen and oxygen atoms in total. The third kappa shape index (κ3) is 5.77. The first kappa shape index (κ1) is 25.9. The zero-order valence-corrected chi connectivity index (χ0v) is 21.5. The van der Waals surface area contributed by atoms with Crippen LogP contribution in [0.3, 0.4) is 0 Å². The standard InChI is InChI=1S/C26H27Cl2N7O/c1-2-22-19(5-3-17-4-6-23(30)31-15-17)25(33-16-32-22)18-13-20(27)24(21(28)14-18)26(36)35-11-9-34(8-7-29)10-12-35/h4,6,13-16H,2,7-12,29H2,1H3,(H2,30,31). The molecular formula is C26H27Cl2N7O. The van der Waals surface area contributed by atoms with Gasteiger partial charge in [-0.2, -0.15) is 0 Å². The van der Waals surface area contributed by atoms with Gasteiger partial charge >= 0.3 is 0 Å². The van der Waals surface area contributed by atoms with Crippen molar-refractivity contribution in [2.75, 3.05) is 45.0 Å². The van der Waals surface area contributed by atoms with Gasteiger partial charge in [-0.15, -0.1) is 0 Å². The number of hydrogen-bond donors (Lipinski definition) is 2. The number of halogens is 2. The second-order valence-electron chi connectivity index (χ2n) is 8.36. The predicted octanol–water partition coefficient (Wildman–Crippen LogP) is 3.11. The minimum absolute atomic E-state index is 0.184. The van der Waals surface area contributed by atoms with Crippen molar-refractivity contribution in [1.82, 2.24) is 24.8 Å². The van der Waals surface area contributed by atoms with Crippen molar-refractivity contribution < 1.29 is 4.79 Å². The second-order valence-corrected chi connectivity index (χ2v) is 9.17. The zero-order chi connectivity index (χ0) is 25.7. The molecule has 3 aromatic rings. The Morgan fingerprint density at radius 3 is 2.39 bits per heavy atom. The number of hydrogen-bond acceptors (Lipinski definition) is 7. The first-order valence-electron chi connectivity index (χ1n) is 11.7. The number of pyridine rings is 1. The molecule has 3 heterocycles. The molecule has 1 saturated heterocycles. The van der Waals surface area contributed by atoms with Crippen LogP contribution in [0.25, 0.3) is 11.3 Å². The Bertz CT molecular complexity index is 1290. The van der Waals surface area contributed by atoms with Crippen molar-refractivity contribution in [3.8, 4) is 23.1 Å². The van der Waals surface area contributed by atoms with E-state index in [2.05, 4.69) is 31.7 Å². The van der Waals surface area contributed by atoms with Gasteiger partial charge in [-0.05, 0) is 30.7 Å². The molecule has 186 valence electrons. The van der Waals surface area contributed by atoms with Gasteiger partial charge in [0.2, 0.25) is 0 Å². The van der Waals surface area contributed by atoms with Crippen molar-refractivity contribution in [3.05, 3.63) is 69.2 Å². The molecule has 2 aromatic heterocycles. The third-order valence-electron chi connectivity index (χ3n) is 6.01. The molecule has 0 atom stereocenters. The van der Waals surface area contributed by atoms with E-state index in [-0.39, 0.29) is 16.0 Å². The van der Waals surface area contributed by atoms with E-state index in [4.69, 9.17) is 34.7 Å². The summed E-state index contributed by atoms with van der Waals surface area (Å²) in [7, 11) is 0. The van der Waals surface area contributed by atoms with Crippen LogP contribution in [0.5, 0.6) is 0 Å². The van der Waals surface area contributed by atoms with Crippen LogP contribution in [-0.2, 0) is 6.42 Å². The zero-order valence-electron chi connectivity index (χ0n) is 20.0. The van der Waals surface area contributed by atoms with Gasteiger partial charge in [0, 0.05) is 56.6 Å². The van der Waals surface area contributed by atoms with Gasteiger partial charge in [-0.25, -0.2) is 15.0 Å². The number of nitrogens with zero attached hydrogens (tertiary/aromatic N) is 5. The van der Waals surface area contributed by atoms with Gasteiger partial charge in [0.1, 0.15) is 12.1 Å². The van der Waals surface area contributed by atoms with E-state index >= 15 is 0 Å². The van der Waals surface area contributed by atoms with Gasteiger partial charge in [0.15, 0.2) is 0 Å². The maximum Gasteiger partial charge on any atom is 0.256 e. The van der Waals surface area contributed by atoms with E-state index < -0.39 is 0 Å². The fraction of sp³-hybridized carbons (Fsp3) is 0.308. The van der Waals surface area contributed by atoms with Crippen molar-refractivity contribution in [2.24, 2.45) is 5.73 Å². The summed E-state index contributed by atoms with van der Waals surface area (Å²) in [5.74, 6) is 6.52. The minimum Gasteiger partial charge on any atom is -0.384 e. The smallest absolute Gasteiger partial charge is 0.256 e. The van der Waals surface area contributed by atoms with Crippen LogP contribution >= 0.6 is 23.2 Å². The van der Waals surface area contributed by atoms with Crippen LogP contribution in [-0.4, -0.2) is 69.9 Å². The number of carbonyl (C=O) groups excluding carboxylic acids is 1. The lowest BCUT2D eigenvalue weighted by atomic mass is 10.0. The van der Waals surface area contributed by atoms with Crippen molar-refractivity contribution in [2.45, 2.75) is 13.3 Å². The lowest BCUT2D eigenvalue weighted by molar-refractivity contribution is 0.0641. The topological polar surface area (TPSA) is 114 Å². The highest BCUT2D eigenvalue weighted by Crippen LogP contribution is 2.34. The highest BCUT2D eigenvalue weighted by Gasteiger charge is 2.26. The van der Waals surface area contributed by atoms with Crippen LogP contribution in [0.4, 0.5) is 5.82 Å². The number of aryl methyl sites for hydroxylation is 1. The van der Waals surface area contributed by atoms with Gasteiger partial charge in [-0.1, -0.05) is 42.0 Å².